The van der Waals surface area contributed by atoms with Gasteiger partial charge in [0, 0.05) is 25.5 Å². The lowest BCUT2D eigenvalue weighted by atomic mass is 10.0. The fourth-order valence-corrected chi connectivity index (χ4v) is 1.67. The van der Waals surface area contributed by atoms with E-state index in [0.29, 0.717) is 0 Å². The molecular formula is C14H17ClN2. The quantitative estimate of drug-likeness (QED) is 0.826. The average molecular weight is 249 g/mol. The summed E-state index contributed by atoms with van der Waals surface area (Å²) >= 11 is 0. The Bertz CT molecular complexity index is 478. The first-order chi connectivity index (χ1) is 7.66. The second-order valence-corrected chi connectivity index (χ2v) is 4.07. The number of nitrogens with zero attached hydrogens (tertiary/aromatic N) is 1. The average Bonchev–Trinajstić information content (AvgIpc) is 2.29. The molecule has 0 aliphatic heterocycles. The standard InChI is InChI=1S/C14H16N2.ClH/c1-16(2)14-8-6-11(7-9-14)12-4-3-5-13(15)10-12;/h3-10H,15H2,1-2H3;1H. The molecule has 0 radical (unpaired) electrons. The van der Waals surface area contributed by atoms with Gasteiger partial charge in [-0.1, -0.05) is 24.3 Å². The van der Waals surface area contributed by atoms with Crippen LogP contribution in [0.2, 0.25) is 0 Å². The monoisotopic (exact) mass is 248 g/mol. The molecule has 0 saturated carbocycles. The van der Waals surface area contributed by atoms with Crippen LogP contribution in [0.25, 0.3) is 11.1 Å². The van der Waals surface area contributed by atoms with Crippen molar-refractivity contribution in [2.45, 2.75) is 0 Å². The van der Waals surface area contributed by atoms with Gasteiger partial charge in [0.15, 0.2) is 0 Å². The largest absolute Gasteiger partial charge is 0.399 e. The van der Waals surface area contributed by atoms with Gasteiger partial charge in [-0.15, -0.1) is 12.4 Å². The molecule has 17 heavy (non-hydrogen) atoms. The van der Waals surface area contributed by atoms with Crippen molar-refractivity contribution in [1.82, 2.24) is 0 Å². The molecular weight excluding hydrogens is 232 g/mol. The maximum absolute atomic E-state index is 5.77. The zero-order chi connectivity index (χ0) is 11.5. The molecule has 2 N–H and O–H groups in total. The van der Waals surface area contributed by atoms with Gasteiger partial charge in [0.05, 0.1) is 0 Å². The topological polar surface area (TPSA) is 29.3 Å². The molecule has 0 unspecified atom stereocenters. The number of anilines is 2. The van der Waals surface area contributed by atoms with E-state index in [9.17, 15) is 0 Å². The molecule has 2 aromatic rings. The highest BCUT2D eigenvalue weighted by Crippen LogP contribution is 2.23. The maximum atomic E-state index is 5.77. The van der Waals surface area contributed by atoms with Gasteiger partial charge in [0.1, 0.15) is 0 Å². The van der Waals surface area contributed by atoms with E-state index in [1.165, 1.54) is 11.3 Å². The van der Waals surface area contributed by atoms with Crippen molar-refractivity contribution in [3.63, 3.8) is 0 Å². The van der Waals surface area contributed by atoms with Crippen molar-refractivity contribution in [2.24, 2.45) is 0 Å². The molecule has 0 spiro atoms. The Kier molecular flexibility index (Phi) is 4.41. The predicted octanol–water partition coefficient (Wildman–Crippen LogP) is 3.42. The van der Waals surface area contributed by atoms with E-state index in [4.69, 9.17) is 5.73 Å². The van der Waals surface area contributed by atoms with E-state index < -0.39 is 0 Å². The molecule has 2 aromatic carbocycles. The van der Waals surface area contributed by atoms with Crippen LogP contribution < -0.4 is 10.6 Å². The summed E-state index contributed by atoms with van der Waals surface area (Å²) in [5.74, 6) is 0. The van der Waals surface area contributed by atoms with Crippen LogP contribution in [-0.4, -0.2) is 14.1 Å². The Morgan fingerprint density at radius 1 is 0.882 bits per heavy atom. The van der Waals surface area contributed by atoms with Crippen molar-refractivity contribution in [1.29, 1.82) is 0 Å². The summed E-state index contributed by atoms with van der Waals surface area (Å²) in [5.41, 5.74) is 10.1. The van der Waals surface area contributed by atoms with Crippen molar-refractivity contribution < 1.29 is 0 Å². The minimum atomic E-state index is 0. The third-order valence-electron chi connectivity index (χ3n) is 2.60. The lowest BCUT2D eigenvalue weighted by Gasteiger charge is -2.12. The molecule has 0 atom stereocenters. The molecule has 0 saturated heterocycles. The zero-order valence-electron chi connectivity index (χ0n) is 10.1. The van der Waals surface area contributed by atoms with Crippen LogP contribution in [0.3, 0.4) is 0 Å². The Balaban J connectivity index is 0.00000144. The van der Waals surface area contributed by atoms with E-state index in [1.54, 1.807) is 0 Å². The lowest BCUT2D eigenvalue weighted by Crippen LogP contribution is -2.07. The smallest absolute Gasteiger partial charge is 0.0361 e. The second kappa shape index (κ2) is 5.60. The first-order valence-corrected chi connectivity index (χ1v) is 5.30. The van der Waals surface area contributed by atoms with Gasteiger partial charge in [-0.05, 0) is 35.4 Å². The molecule has 3 heteroatoms. The zero-order valence-corrected chi connectivity index (χ0v) is 10.9. The SMILES string of the molecule is CN(C)c1ccc(-c2cccc(N)c2)cc1.Cl. The summed E-state index contributed by atoms with van der Waals surface area (Å²) in [6.45, 7) is 0. The van der Waals surface area contributed by atoms with Gasteiger partial charge in [-0.3, -0.25) is 0 Å². The van der Waals surface area contributed by atoms with E-state index >= 15 is 0 Å². The summed E-state index contributed by atoms with van der Waals surface area (Å²) in [5, 5.41) is 0. The number of hydrogen-bond acceptors (Lipinski definition) is 2. The molecule has 0 aromatic heterocycles. The van der Waals surface area contributed by atoms with Crippen LogP contribution in [0.1, 0.15) is 0 Å². The summed E-state index contributed by atoms with van der Waals surface area (Å²) in [6.07, 6.45) is 0. The second-order valence-electron chi connectivity index (χ2n) is 4.07. The van der Waals surface area contributed by atoms with Crippen LogP contribution in [0.5, 0.6) is 0 Å². The van der Waals surface area contributed by atoms with Gasteiger partial charge in [0.2, 0.25) is 0 Å². The third kappa shape index (κ3) is 3.14. The molecule has 2 rings (SSSR count). The van der Waals surface area contributed by atoms with Crippen LogP contribution >= 0.6 is 12.4 Å². The molecule has 2 nitrogen and oxygen atoms in total. The summed E-state index contributed by atoms with van der Waals surface area (Å²) in [6, 6.07) is 16.4. The highest BCUT2D eigenvalue weighted by atomic mass is 35.5. The van der Waals surface area contributed by atoms with Gasteiger partial charge >= 0.3 is 0 Å². The Morgan fingerprint density at radius 3 is 2.06 bits per heavy atom. The van der Waals surface area contributed by atoms with Gasteiger partial charge < -0.3 is 10.6 Å². The van der Waals surface area contributed by atoms with Crippen LogP contribution in [0, 0.1) is 0 Å². The number of benzene rings is 2. The maximum Gasteiger partial charge on any atom is 0.0361 e. The first kappa shape index (κ1) is 13.4. The highest BCUT2D eigenvalue weighted by molar-refractivity contribution is 5.85. The minimum Gasteiger partial charge on any atom is -0.399 e. The Morgan fingerprint density at radius 2 is 1.53 bits per heavy atom. The number of nitrogens with two attached hydrogens (primary N) is 1. The Hall–Kier alpha value is -1.67. The van der Waals surface area contributed by atoms with Crippen molar-refractivity contribution in [2.75, 3.05) is 24.7 Å². The summed E-state index contributed by atoms with van der Waals surface area (Å²) in [7, 11) is 4.07. The minimum absolute atomic E-state index is 0. The number of nitrogen functional groups attached to an aromatic ring is 1. The van der Waals surface area contributed by atoms with E-state index in [-0.39, 0.29) is 12.4 Å². The van der Waals surface area contributed by atoms with Gasteiger partial charge in [-0.2, -0.15) is 0 Å². The molecule has 0 aliphatic carbocycles. The normalized spacial score (nSPS) is 9.53. The predicted molar refractivity (Wildman–Crippen MR) is 77.9 cm³/mol. The van der Waals surface area contributed by atoms with E-state index in [2.05, 4.69) is 35.2 Å². The highest BCUT2D eigenvalue weighted by Gasteiger charge is 1.99. The van der Waals surface area contributed by atoms with E-state index in [0.717, 1.165) is 11.3 Å². The van der Waals surface area contributed by atoms with Crippen LogP contribution in [0.15, 0.2) is 48.5 Å². The van der Waals surface area contributed by atoms with Crippen molar-refractivity contribution in [3.05, 3.63) is 48.5 Å². The molecule has 0 aliphatic rings. The van der Waals surface area contributed by atoms with Gasteiger partial charge in [0.25, 0.3) is 0 Å². The lowest BCUT2D eigenvalue weighted by molar-refractivity contribution is 1.13. The molecule has 0 heterocycles. The fraction of sp³-hybridized carbons (Fsp3) is 0.143. The van der Waals surface area contributed by atoms with Gasteiger partial charge in [-0.25, -0.2) is 0 Å². The molecule has 0 bridgehead atoms. The Labute approximate surface area is 108 Å². The number of halogens is 1. The number of hydrogen-bond donors (Lipinski definition) is 1. The first-order valence-electron chi connectivity index (χ1n) is 5.30. The summed E-state index contributed by atoms with van der Waals surface area (Å²) in [4.78, 5) is 2.09. The molecule has 0 amide bonds. The van der Waals surface area contributed by atoms with Crippen molar-refractivity contribution in [3.8, 4) is 11.1 Å². The summed E-state index contributed by atoms with van der Waals surface area (Å²) < 4.78 is 0. The fourth-order valence-electron chi connectivity index (χ4n) is 1.67. The van der Waals surface area contributed by atoms with Crippen LogP contribution in [-0.2, 0) is 0 Å². The number of rotatable bonds is 2. The van der Waals surface area contributed by atoms with Crippen LogP contribution in [0.4, 0.5) is 11.4 Å². The molecule has 0 fully saturated rings. The van der Waals surface area contributed by atoms with E-state index in [1.807, 2.05) is 32.3 Å². The third-order valence-corrected chi connectivity index (χ3v) is 2.60. The molecule has 90 valence electrons. The van der Waals surface area contributed by atoms with Crippen molar-refractivity contribution >= 4 is 23.8 Å².